The molecule has 0 radical (unpaired) electrons. The molecule has 5 nitrogen and oxygen atoms in total. The predicted octanol–water partition coefficient (Wildman–Crippen LogP) is 2.77. The first-order chi connectivity index (χ1) is 9.65. The van der Waals surface area contributed by atoms with Gasteiger partial charge in [0.25, 0.3) is 0 Å². The van der Waals surface area contributed by atoms with Gasteiger partial charge in [-0.2, -0.15) is 4.98 Å². The second kappa shape index (κ2) is 6.52. The van der Waals surface area contributed by atoms with Crippen LogP contribution in [-0.4, -0.2) is 30.3 Å². The van der Waals surface area contributed by atoms with Crippen LogP contribution in [0.15, 0.2) is 22.7 Å². The number of hydrogen-bond donors (Lipinski definition) is 1. The highest BCUT2D eigenvalue weighted by atomic mass is 16.5. The number of hydrogen-bond acceptors (Lipinski definition) is 5. The Bertz CT molecular complexity index is 566. The fourth-order valence-corrected chi connectivity index (χ4v) is 1.98. The van der Waals surface area contributed by atoms with E-state index in [2.05, 4.69) is 29.3 Å². The van der Waals surface area contributed by atoms with E-state index < -0.39 is 0 Å². The number of methoxy groups -OCH3 is 1. The van der Waals surface area contributed by atoms with E-state index in [1.54, 1.807) is 7.11 Å². The Labute approximate surface area is 119 Å². The lowest BCUT2D eigenvalue weighted by Gasteiger charge is -2.06. The first-order valence-electron chi connectivity index (χ1n) is 6.85. The van der Waals surface area contributed by atoms with Gasteiger partial charge in [0.2, 0.25) is 11.7 Å². The van der Waals surface area contributed by atoms with Gasteiger partial charge in [0.1, 0.15) is 5.75 Å². The maximum atomic E-state index is 5.38. The van der Waals surface area contributed by atoms with Crippen LogP contribution in [0, 0.1) is 6.92 Å². The minimum Gasteiger partial charge on any atom is -0.496 e. The van der Waals surface area contributed by atoms with Crippen LogP contribution in [0.3, 0.4) is 0 Å². The number of nitrogens with one attached hydrogen (secondary N) is 1. The van der Waals surface area contributed by atoms with Crippen molar-refractivity contribution in [1.29, 1.82) is 0 Å². The van der Waals surface area contributed by atoms with Crippen molar-refractivity contribution in [2.45, 2.75) is 26.7 Å². The van der Waals surface area contributed by atoms with E-state index in [1.807, 2.05) is 25.1 Å². The van der Waals surface area contributed by atoms with Crippen molar-refractivity contribution in [2.75, 3.05) is 20.2 Å². The number of benzene rings is 1. The summed E-state index contributed by atoms with van der Waals surface area (Å²) in [5.74, 6) is 2.16. The standard InChI is InChI=1S/C15H21N3O2/c1-5-16-9-11(3)15-17-14(18-20-15)12-7-6-10(2)8-13(12)19-4/h6-8,11,16H,5,9H2,1-4H3. The number of nitrogens with zero attached hydrogens (tertiary/aromatic N) is 2. The third-order valence-electron chi connectivity index (χ3n) is 3.16. The first-order valence-corrected chi connectivity index (χ1v) is 6.85. The molecule has 1 N–H and O–H groups in total. The van der Waals surface area contributed by atoms with E-state index in [4.69, 9.17) is 9.26 Å². The molecule has 20 heavy (non-hydrogen) atoms. The highest BCUT2D eigenvalue weighted by molar-refractivity contribution is 5.64. The van der Waals surface area contributed by atoms with Gasteiger partial charge in [-0.25, -0.2) is 0 Å². The Morgan fingerprint density at radius 3 is 2.90 bits per heavy atom. The lowest BCUT2D eigenvalue weighted by Crippen LogP contribution is -2.19. The molecule has 0 fully saturated rings. The predicted molar refractivity (Wildman–Crippen MR) is 78.0 cm³/mol. The third kappa shape index (κ3) is 3.17. The molecule has 0 spiro atoms. The minimum absolute atomic E-state index is 0.188. The lowest BCUT2D eigenvalue weighted by molar-refractivity contribution is 0.355. The molecule has 1 aromatic heterocycles. The minimum atomic E-state index is 0.188. The molecule has 0 aliphatic rings. The highest BCUT2D eigenvalue weighted by Gasteiger charge is 2.17. The van der Waals surface area contributed by atoms with Gasteiger partial charge in [0, 0.05) is 12.5 Å². The van der Waals surface area contributed by atoms with Gasteiger partial charge >= 0.3 is 0 Å². The van der Waals surface area contributed by atoms with E-state index in [1.165, 1.54) is 0 Å². The SMILES string of the molecule is CCNCC(C)c1nc(-c2ccc(C)cc2OC)no1. The van der Waals surface area contributed by atoms with Crippen molar-refractivity contribution < 1.29 is 9.26 Å². The smallest absolute Gasteiger partial charge is 0.231 e. The highest BCUT2D eigenvalue weighted by Crippen LogP contribution is 2.29. The molecule has 1 heterocycles. The molecule has 1 aromatic carbocycles. The lowest BCUT2D eigenvalue weighted by atomic mass is 10.1. The Kier molecular flexibility index (Phi) is 4.74. The van der Waals surface area contributed by atoms with Crippen molar-refractivity contribution in [2.24, 2.45) is 0 Å². The zero-order valence-electron chi connectivity index (χ0n) is 12.4. The molecule has 0 amide bonds. The molecule has 2 aromatic rings. The quantitative estimate of drug-likeness (QED) is 0.878. The second-order valence-electron chi connectivity index (χ2n) is 4.87. The summed E-state index contributed by atoms with van der Waals surface area (Å²) in [5, 5.41) is 7.33. The molecule has 0 saturated heterocycles. The molecule has 0 saturated carbocycles. The van der Waals surface area contributed by atoms with Gasteiger partial charge in [0.05, 0.1) is 12.7 Å². The number of aryl methyl sites for hydroxylation is 1. The van der Waals surface area contributed by atoms with Gasteiger partial charge in [-0.15, -0.1) is 0 Å². The zero-order valence-corrected chi connectivity index (χ0v) is 12.4. The monoisotopic (exact) mass is 275 g/mol. The number of likely N-dealkylation sites (N-methyl/N-ethyl adjacent to an activating group) is 1. The topological polar surface area (TPSA) is 60.2 Å². The Balaban J connectivity index is 2.24. The van der Waals surface area contributed by atoms with Crippen LogP contribution in [0.4, 0.5) is 0 Å². The van der Waals surface area contributed by atoms with E-state index >= 15 is 0 Å². The summed E-state index contributed by atoms with van der Waals surface area (Å²) in [6, 6.07) is 5.93. The van der Waals surface area contributed by atoms with Gasteiger partial charge in [-0.3, -0.25) is 0 Å². The maximum absolute atomic E-state index is 5.38. The van der Waals surface area contributed by atoms with Crippen LogP contribution < -0.4 is 10.1 Å². The van der Waals surface area contributed by atoms with Crippen LogP contribution in [0.1, 0.15) is 31.2 Å². The molecule has 0 aliphatic carbocycles. The summed E-state index contributed by atoms with van der Waals surface area (Å²) in [5.41, 5.74) is 1.98. The molecular formula is C15H21N3O2. The summed E-state index contributed by atoms with van der Waals surface area (Å²) in [6.45, 7) is 7.90. The van der Waals surface area contributed by atoms with Crippen LogP contribution in [0.25, 0.3) is 11.4 Å². The van der Waals surface area contributed by atoms with Crippen LogP contribution in [-0.2, 0) is 0 Å². The second-order valence-corrected chi connectivity index (χ2v) is 4.87. The fraction of sp³-hybridized carbons (Fsp3) is 0.467. The Hall–Kier alpha value is -1.88. The summed E-state index contributed by atoms with van der Waals surface area (Å²) in [4.78, 5) is 4.47. The molecule has 1 atom stereocenters. The van der Waals surface area contributed by atoms with Crippen molar-refractivity contribution in [3.8, 4) is 17.1 Å². The molecule has 2 rings (SSSR count). The largest absolute Gasteiger partial charge is 0.496 e. The molecule has 0 aliphatic heterocycles. The third-order valence-corrected chi connectivity index (χ3v) is 3.16. The molecule has 1 unspecified atom stereocenters. The van der Waals surface area contributed by atoms with E-state index in [-0.39, 0.29) is 5.92 Å². The van der Waals surface area contributed by atoms with Gasteiger partial charge in [-0.05, 0) is 31.2 Å². The van der Waals surface area contributed by atoms with E-state index in [0.29, 0.717) is 11.7 Å². The van der Waals surface area contributed by atoms with Crippen LogP contribution in [0.5, 0.6) is 5.75 Å². The fourth-order valence-electron chi connectivity index (χ4n) is 1.98. The van der Waals surface area contributed by atoms with Crippen molar-refractivity contribution in [3.63, 3.8) is 0 Å². The Morgan fingerprint density at radius 1 is 1.40 bits per heavy atom. The molecule has 0 bridgehead atoms. The van der Waals surface area contributed by atoms with Crippen LogP contribution >= 0.6 is 0 Å². The normalized spacial score (nSPS) is 12.4. The first kappa shape index (κ1) is 14.5. The molecule has 108 valence electrons. The maximum Gasteiger partial charge on any atom is 0.231 e. The average Bonchev–Trinajstić information content (AvgIpc) is 2.94. The summed E-state index contributed by atoms with van der Waals surface area (Å²) in [7, 11) is 1.65. The van der Waals surface area contributed by atoms with Crippen molar-refractivity contribution >= 4 is 0 Å². The average molecular weight is 275 g/mol. The summed E-state index contributed by atoms with van der Waals surface area (Å²) in [6.07, 6.45) is 0. The van der Waals surface area contributed by atoms with Crippen LogP contribution in [0.2, 0.25) is 0 Å². The summed E-state index contributed by atoms with van der Waals surface area (Å²) < 4.78 is 10.7. The number of ether oxygens (including phenoxy) is 1. The van der Waals surface area contributed by atoms with Crippen molar-refractivity contribution in [1.82, 2.24) is 15.5 Å². The van der Waals surface area contributed by atoms with Gasteiger partial charge < -0.3 is 14.6 Å². The van der Waals surface area contributed by atoms with Gasteiger partial charge in [0.15, 0.2) is 0 Å². The van der Waals surface area contributed by atoms with E-state index in [9.17, 15) is 0 Å². The van der Waals surface area contributed by atoms with Gasteiger partial charge in [-0.1, -0.05) is 25.1 Å². The number of aromatic nitrogens is 2. The molecule has 5 heteroatoms. The van der Waals surface area contributed by atoms with Crippen molar-refractivity contribution in [3.05, 3.63) is 29.7 Å². The zero-order chi connectivity index (χ0) is 14.5. The van der Waals surface area contributed by atoms with E-state index in [0.717, 1.165) is 30.0 Å². The number of rotatable bonds is 6. The Morgan fingerprint density at radius 2 is 2.20 bits per heavy atom. The molecular weight excluding hydrogens is 254 g/mol. The summed E-state index contributed by atoms with van der Waals surface area (Å²) >= 11 is 0.